The Labute approximate surface area is 149 Å². The molecule has 0 unspecified atom stereocenters. The first-order chi connectivity index (χ1) is 12.4. The zero-order valence-electron chi connectivity index (χ0n) is 13.3. The number of carboxylic acids is 1. The molecule has 0 radical (unpaired) electrons. The fourth-order valence-corrected chi connectivity index (χ4v) is 3.27. The number of carboxylic acid groups (broad SMARTS) is 1. The molecule has 2 aromatic rings. The van der Waals surface area contributed by atoms with Gasteiger partial charge in [0.2, 0.25) is 0 Å². The van der Waals surface area contributed by atoms with Gasteiger partial charge in [-0.2, -0.15) is 13.2 Å². The smallest absolute Gasteiger partial charge is 0.416 e. The lowest BCUT2D eigenvalue weighted by atomic mass is 10.1. The Bertz CT molecular complexity index is 1000. The minimum Gasteiger partial charge on any atom is -0.507 e. The van der Waals surface area contributed by atoms with E-state index in [1.165, 1.54) is 0 Å². The van der Waals surface area contributed by atoms with Crippen molar-refractivity contribution in [1.29, 1.82) is 0 Å². The number of phenols is 1. The summed E-state index contributed by atoms with van der Waals surface area (Å²) in [6.45, 7) is 0. The summed E-state index contributed by atoms with van der Waals surface area (Å²) in [4.78, 5) is 10.1. The summed E-state index contributed by atoms with van der Waals surface area (Å²) in [7, 11) is -3.82. The Morgan fingerprint density at radius 3 is 2.33 bits per heavy atom. The highest BCUT2D eigenvalue weighted by Crippen LogP contribution is 2.35. The number of sulfonamides is 1. The number of carbonyl (C=O) groups is 1. The summed E-state index contributed by atoms with van der Waals surface area (Å²) in [5.74, 6) is -4.31. The van der Waals surface area contributed by atoms with Crippen LogP contribution in [-0.2, 0) is 16.2 Å². The van der Waals surface area contributed by atoms with Gasteiger partial charge in [-0.25, -0.2) is 17.6 Å². The molecule has 0 atom stereocenters. The molecule has 0 aromatic heterocycles. The maximum atomic E-state index is 13.7. The van der Waals surface area contributed by atoms with Crippen molar-refractivity contribution in [2.75, 3.05) is 11.8 Å². The highest BCUT2D eigenvalue weighted by Gasteiger charge is 2.33. The van der Waals surface area contributed by atoms with Crippen LogP contribution in [0.5, 0.6) is 11.5 Å². The number of aromatic hydroxyl groups is 1. The van der Waals surface area contributed by atoms with Crippen LogP contribution in [0.1, 0.15) is 15.9 Å². The Kier molecular flexibility index (Phi) is 5.22. The lowest BCUT2D eigenvalue weighted by Gasteiger charge is -2.15. The number of nitrogens with one attached hydrogen (secondary N) is 1. The number of aromatic carboxylic acids is 1. The summed E-state index contributed by atoms with van der Waals surface area (Å²) in [6.07, 6.45) is -4.89. The standard InChI is InChI=1S/C15H11F4NO6S/c1-26-12-6-10(8(14(22)23)5-9(12)16)20-27(24,25)13-4-7(15(17,18)19)2-3-11(13)21/h2-6,20-21H,1H3,(H,22,23). The van der Waals surface area contributed by atoms with E-state index in [-0.39, 0.29) is 6.07 Å². The van der Waals surface area contributed by atoms with E-state index >= 15 is 0 Å². The molecule has 27 heavy (non-hydrogen) atoms. The fourth-order valence-electron chi connectivity index (χ4n) is 2.08. The second-order valence-electron chi connectivity index (χ2n) is 5.12. The summed E-state index contributed by atoms with van der Waals surface area (Å²) in [6, 6.07) is 2.36. The van der Waals surface area contributed by atoms with Gasteiger partial charge in [0.05, 0.1) is 23.9 Å². The number of rotatable bonds is 5. The molecule has 3 N–H and O–H groups in total. The van der Waals surface area contributed by atoms with E-state index in [0.29, 0.717) is 24.3 Å². The fraction of sp³-hybridized carbons (Fsp3) is 0.133. The Hall–Kier alpha value is -3.02. The monoisotopic (exact) mass is 409 g/mol. The summed E-state index contributed by atoms with van der Waals surface area (Å²) in [5, 5.41) is 18.7. The Morgan fingerprint density at radius 2 is 1.81 bits per heavy atom. The zero-order valence-corrected chi connectivity index (χ0v) is 14.2. The van der Waals surface area contributed by atoms with Gasteiger partial charge in [-0.1, -0.05) is 0 Å². The molecule has 7 nitrogen and oxygen atoms in total. The number of anilines is 1. The highest BCUT2D eigenvalue weighted by atomic mass is 32.2. The Morgan fingerprint density at radius 1 is 1.19 bits per heavy atom. The minimum atomic E-state index is -4.89. The Balaban J connectivity index is 2.59. The summed E-state index contributed by atoms with van der Waals surface area (Å²) < 4.78 is 83.2. The maximum absolute atomic E-state index is 13.7. The van der Waals surface area contributed by atoms with Crippen LogP contribution in [0.4, 0.5) is 23.2 Å². The molecular formula is C15H11F4NO6S. The van der Waals surface area contributed by atoms with Crippen molar-refractivity contribution < 1.29 is 45.7 Å². The number of halogens is 4. The van der Waals surface area contributed by atoms with Gasteiger partial charge in [-0.15, -0.1) is 0 Å². The van der Waals surface area contributed by atoms with Crippen LogP contribution in [0.3, 0.4) is 0 Å². The van der Waals surface area contributed by atoms with Gasteiger partial charge in [-0.05, 0) is 24.3 Å². The molecule has 0 fully saturated rings. The van der Waals surface area contributed by atoms with E-state index in [0.717, 1.165) is 7.11 Å². The van der Waals surface area contributed by atoms with E-state index in [1.807, 2.05) is 0 Å². The molecule has 0 amide bonds. The van der Waals surface area contributed by atoms with Crippen molar-refractivity contribution in [3.05, 3.63) is 47.3 Å². The van der Waals surface area contributed by atoms with Crippen LogP contribution in [0.15, 0.2) is 35.2 Å². The van der Waals surface area contributed by atoms with Crippen molar-refractivity contribution in [3.63, 3.8) is 0 Å². The average Bonchev–Trinajstić information content (AvgIpc) is 2.54. The minimum absolute atomic E-state index is 0.179. The van der Waals surface area contributed by atoms with E-state index in [4.69, 9.17) is 5.11 Å². The first kappa shape index (κ1) is 20.3. The molecule has 12 heteroatoms. The van der Waals surface area contributed by atoms with Crippen molar-refractivity contribution in [2.24, 2.45) is 0 Å². The van der Waals surface area contributed by atoms with Gasteiger partial charge in [0.25, 0.3) is 10.0 Å². The van der Waals surface area contributed by atoms with Crippen LogP contribution >= 0.6 is 0 Å². The van der Waals surface area contributed by atoms with Gasteiger partial charge in [0.15, 0.2) is 11.6 Å². The molecule has 146 valence electrons. The zero-order chi connectivity index (χ0) is 20.6. The van der Waals surface area contributed by atoms with Gasteiger partial charge < -0.3 is 14.9 Å². The highest BCUT2D eigenvalue weighted by molar-refractivity contribution is 7.92. The van der Waals surface area contributed by atoms with Crippen molar-refractivity contribution in [2.45, 2.75) is 11.1 Å². The number of methoxy groups -OCH3 is 1. The number of benzene rings is 2. The van der Waals surface area contributed by atoms with E-state index < -0.39 is 61.2 Å². The van der Waals surface area contributed by atoms with Gasteiger partial charge in [0.1, 0.15) is 10.6 Å². The van der Waals surface area contributed by atoms with Crippen LogP contribution in [0.25, 0.3) is 0 Å². The molecule has 0 aliphatic heterocycles. The van der Waals surface area contributed by atoms with Crippen LogP contribution in [0.2, 0.25) is 0 Å². The number of hydrogen-bond donors (Lipinski definition) is 3. The first-order valence-corrected chi connectivity index (χ1v) is 8.39. The second-order valence-corrected chi connectivity index (χ2v) is 6.77. The number of ether oxygens (including phenoxy) is 1. The van der Waals surface area contributed by atoms with Crippen molar-refractivity contribution >= 4 is 21.7 Å². The lowest BCUT2D eigenvalue weighted by Crippen LogP contribution is -2.17. The third-order valence-electron chi connectivity index (χ3n) is 3.34. The molecular weight excluding hydrogens is 398 g/mol. The van der Waals surface area contributed by atoms with E-state index in [1.54, 1.807) is 4.72 Å². The third-order valence-corrected chi connectivity index (χ3v) is 4.74. The quantitative estimate of drug-likeness (QED) is 0.655. The molecule has 0 heterocycles. The van der Waals surface area contributed by atoms with Gasteiger partial charge in [0, 0.05) is 6.07 Å². The third kappa shape index (κ3) is 4.22. The predicted octanol–water partition coefficient (Wildman–Crippen LogP) is 3.06. The van der Waals surface area contributed by atoms with Crippen LogP contribution in [-0.4, -0.2) is 31.7 Å². The molecule has 0 spiro atoms. The first-order valence-electron chi connectivity index (χ1n) is 6.90. The largest absolute Gasteiger partial charge is 0.507 e. The number of phenolic OH excluding ortho intramolecular Hbond substituents is 1. The molecule has 0 saturated carbocycles. The topological polar surface area (TPSA) is 113 Å². The van der Waals surface area contributed by atoms with Crippen molar-refractivity contribution in [1.82, 2.24) is 0 Å². The number of alkyl halides is 3. The predicted molar refractivity (Wildman–Crippen MR) is 83.8 cm³/mol. The van der Waals surface area contributed by atoms with E-state index in [2.05, 4.69) is 4.74 Å². The second kappa shape index (κ2) is 6.95. The lowest BCUT2D eigenvalue weighted by molar-refractivity contribution is -0.137. The van der Waals surface area contributed by atoms with E-state index in [9.17, 15) is 35.9 Å². The van der Waals surface area contributed by atoms with Crippen LogP contribution < -0.4 is 9.46 Å². The average molecular weight is 409 g/mol. The summed E-state index contributed by atoms with van der Waals surface area (Å²) in [5.41, 5.74) is -2.84. The molecule has 2 rings (SSSR count). The summed E-state index contributed by atoms with van der Waals surface area (Å²) >= 11 is 0. The molecule has 0 aliphatic rings. The maximum Gasteiger partial charge on any atom is 0.416 e. The van der Waals surface area contributed by atoms with Crippen molar-refractivity contribution in [3.8, 4) is 11.5 Å². The molecule has 2 aromatic carbocycles. The number of hydrogen-bond acceptors (Lipinski definition) is 5. The molecule has 0 saturated heterocycles. The van der Waals surface area contributed by atoms with Crippen LogP contribution in [0, 0.1) is 5.82 Å². The molecule has 0 aliphatic carbocycles. The van der Waals surface area contributed by atoms with Gasteiger partial charge >= 0.3 is 12.1 Å². The van der Waals surface area contributed by atoms with Gasteiger partial charge in [-0.3, -0.25) is 4.72 Å². The molecule has 0 bridgehead atoms. The normalized spacial score (nSPS) is 11.9. The SMILES string of the molecule is COc1cc(NS(=O)(=O)c2cc(C(F)(F)F)ccc2O)c(C(=O)O)cc1F.